The summed E-state index contributed by atoms with van der Waals surface area (Å²) in [4.78, 5) is 8.52. The second-order valence-electron chi connectivity index (χ2n) is 4.37. The summed E-state index contributed by atoms with van der Waals surface area (Å²) in [6.45, 7) is 0.790. The molecule has 2 aromatic heterocycles. The number of hydrogen-bond donors (Lipinski definition) is 1. The minimum atomic E-state index is 0.0403. The summed E-state index contributed by atoms with van der Waals surface area (Å²) in [6, 6.07) is 3.55. The van der Waals surface area contributed by atoms with Crippen molar-refractivity contribution in [3.63, 3.8) is 0 Å². The number of aromatic nitrogens is 3. The van der Waals surface area contributed by atoms with Crippen LogP contribution in [-0.2, 0) is 4.74 Å². The Balaban J connectivity index is 1.78. The zero-order valence-electron chi connectivity index (χ0n) is 10.3. The number of pyridine rings is 1. The van der Waals surface area contributed by atoms with Crippen LogP contribution in [0.1, 0.15) is 18.4 Å². The summed E-state index contributed by atoms with van der Waals surface area (Å²) in [5, 5.41) is 7.80. The van der Waals surface area contributed by atoms with Gasteiger partial charge in [0.25, 0.3) is 0 Å². The van der Waals surface area contributed by atoms with E-state index in [9.17, 15) is 0 Å². The maximum atomic E-state index is 5.79. The van der Waals surface area contributed by atoms with Crippen molar-refractivity contribution in [2.75, 3.05) is 13.7 Å². The first kappa shape index (κ1) is 12.5. The van der Waals surface area contributed by atoms with E-state index in [0.717, 1.165) is 13.0 Å². The highest BCUT2D eigenvalue weighted by Gasteiger charge is 2.29. The highest BCUT2D eigenvalue weighted by molar-refractivity contribution is 6.30. The largest absolute Gasteiger partial charge is 0.380 e. The molecule has 1 aliphatic rings. The van der Waals surface area contributed by atoms with Crippen molar-refractivity contribution in [2.24, 2.45) is 0 Å². The van der Waals surface area contributed by atoms with Crippen LogP contribution >= 0.6 is 11.6 Å². The SMILES string of the molecule is COC1CNC(c2nc(-c3ccc(Cl)cn3)no2)C1. The standard InChI is InChI=1S/C12H13ClN4O2/c1-18-8-4-10(15-6-8)12-16-11(17-19-12)9-3-2-7(13)5-14-9/h2-3,5,8,10,15H,4,6H2,1H3. The van der Waals surface area contributed by atoms with Crippen LogP contribution in [0.3, 0.4) is 0 Å². The second-order valence-corrected chi connectivity index (χ2v) is 4.81. The Morgan fingerprint density at radius 1 is 1.47 bits per heavy atom. The lowest BCUT2D eigenvalue weighted by Crippen LogP contribution is -2.16. The first-order valence-electron chi connectivity index (χ1n) is 5.98. The molecule has 0 aromatic carbocycles. The van der Waals surface area contributed by atoms with E-state index < -0.39 is 0 Å². The van der Waals surface area contributed by atoms with Gasteiger partial charge >= 0.3 is 0 Å². The topological polar surface area (TPSA) is 73.1 Å². The van der Waals surface area contributed by atoms with Crippen LogP contribution in [0.15, 0.2) is 22.9 Å². The van der Waals surface area contributed by atoms with Gasteiger partial charge in [-0.05, 0) is 18.6 Å². The highest BCUT2D eigenvalue weighted by atomic mass is 35.5. The first-order chi connectivity index (χ1) is 9.26. The first-order valence-corrected chi connectivity index (χ1v) is 6.36. The predicted molar refractivity (Wildman–Crippen MR) is 68.7 cm³/mol. The van der Waals surface area contributed by atoms with Crippen LogP contribution in [0.2, 0.25) is 5.02 Å². The minimum Gasteiger partial charge on any atom is -0.380 e. The highest BCUT2D eigenvalue weighted by Crippen LogP contribution is 2.25. The van der Waals surface area contributed by atoms with Gasteiger partial charge in [-0.1, -0.05) is 16.8 Å². The maximum Gasteiger partial charge on any atom is 0.244 e. The van der Waals surface area contributed by atoms with Gasteiger partial charge in [0.15, 0.2) is 0 Å². The van der Waals surface area contributed by atoms with E-state index in [0.29, 0.717) is 22.4 Å². The Bertz CT molecular complexity index is 557. The summed E-state index contributed by atoms with van der Waals surface area (Å²) in [5.74, 6) is 1.03. The minimum absolute atomic E-state index is 0.0403. The molecule has 3 heterocycles. The van der Waals surface area contributed by atoms with Gasteiger partial charge in [0.05, 0.1) is 17.2 Å². The van der Waals surface area contributed by atoms with E-state index in [1.165, 1.54) is 0 Å². The van der Waals surface area contributed by atoms with Crippen LogP contribution in [0.4, 0.5) is 0 Å². The lowest BCUT2D eigenvalue weighted by molar-refractivity contribution is 0.116. The van der Waals surface area contributed by atoms with Crippen molar-refractivity contribution >= 4 is 11.6 Å². The Morgan fingerprint density at radius 2 is 2.37 bits per heavy atom. The smallest absolute Gasteiger partial charge is 0.244 e. The normalized spacial score (nSPS) is 22.8. The quantitative estimate of drug-likeness (QED) is 0.925. The molecule has 2 unspecified atom stereocenters. The Labute approximate surface area is 115 Å². The molecule has 1 saturated heterocycles. The van der Waals surface area contributed by atoms with E-state index in [4.69, 9.17) is 20.9 Å². The summed E-state index contributed by atoms with van der Waals surface area (Å²) >= 11 is 5.79. The molecule has 19 heavy (non-hydrogen) atoms. The lowest BCUT2D eigenvalue weighted by atomic mass is 10.2. The van der Waals surface area contributed by atoms with Gasteiger partial charge in [-0.3, -0.25) is 4.98 Å². The van der Waals surface area contributed by atoms with Gasteiger partial charge in [-0.25, -0.2) is 0 Å². The zero-order valence-corrected chi connectivity index (χ0v) is 11.1. The van der Waals surface area contributed by atoms with E-state index in [1.807, 2.05) is 0 Å². The number of methoxy groups -OCH3 is 1. The third-order valence-corrected chi connectivity index (χ3v) is 3.34. The van der Waals surface area contributed by atoms with Gasteiger partial charge in [-0.2, -0.15) is 4.98 Å². The average Bonchev–Trinajstić information content (AvgIpc) is 3.08. The van der Waals surface area contributed by atoms with Crippen molar-refractivity contribution < 1.29 is 9.26 Å². The molecule has 6 nitrogen and oxygen atoms in total. The van der Waals surface area contributed by atoms with Gasteiger partial charge in [0, 0.05) is 19.9 Å². The number of rotatable bonds is 3. The fraction of sp³-hybridized carbons (Fsp3) is 0.417. The molecule has 0 bridgehead atoms. The van der Waals surface area contributed by atoms with Crippen molar-refractivity contribution in [2.45, 2.75) is 18.6 Å². The van der Waals surface area contributed by atoms with Gasteiger partial charge in [-0.15, -0.1) is 0 Å². The van der Waals surface area contributed by atoms with Gasteiger partial charge in [0.1, 0.15) is 5.69 Å². The van der Waals surface area contributed by atoms with Crippen LogP contribution < -0.4 is 5.32 Å². The molecule has 0 aliphatic carbocycles. The second kappa shape index (κ2) is 5.24. The molecule has 7 heteroatoms. The fourth-order valence-electron chi connectivity index (χ4n) is 2.06. The molecule has 0 saturated carbocycles. The summed E-state index contributed by atoms with van der Waals surface area (Å²) in [5.41, 5.74) is 0.640. The van der Waals surface area contributed by atoms with Crippen LogP contribution in [0.25, 0.3) is 11.5 Å². The maximum absolute atomic E-state index is 5.79. The van der Waals surface area contributed by atoms with Crippen molar-refractivity contribution in [1.29, 1.82) is 0 Å². The monoisotopic (exact) mass is 280 g/mol. The number of nitrogens with zero attached hydrogens (tertiary/aromatic N) is 3. The summed E-state index contributed by atoms with van der Waals surface area (Å²) in [7, 11) is 1.70. The average molecular weight is 281 g/mol. The number of nitrogens with one attached hydrogen (secondary N) is 1. The molecule has 1 aliphatic heterocycles. The molecule has 2 atom stereocenters. The van der Waals surface area contributed by atoms with Crippen molar-refractivity contribution in [1.82, 2.24) is 20.4 Å². The third kappa shape index (κ3) is 2.60. The molecule has 0 radical (unpaired) electrons. The fourth-order valence-corrected chi connectivity index (χ4v) is 2.17. The van der Waals surface area contributed by atoms with Crippen LogP contribution in [0.5, 0.6) is 0 Å². The Kier molecular flexibility index (Phi) is 3.46. The molecule has 0 amide bonds. The van der Waals surface area contributed by atoms with E-state index in [2.05, 4.69) is 20.4 Å². The molecule has 100 valence electrons. The zero-order chi connectivity index (χ0) is 13.2. The Morgan fingerprint density at radius 3 is 3.05 bits per heavy atom. The summed E-state index contributed by atoms with van der Waals surface area (Å²) < 4.78 is 10.6. The van der Waals surface area contributed by atoms with Gasteiger partial charge in [0.2, 0.25) is 11.7 Å². The van der Waals surface area contributed by atoms with Gasteiger partial charge < -0.3 is 14.6 Å². The molecule has 0 spiro atoms. The molecular formula is C12H13ClN4O2. The van der Waals surface area contributed by atoms with Crippen molar-refractivity contribution in [3.05, 3.63) is 29.2 Å². The molecule has 2 aromatic rings. The van der Waals surface area contributed by atoms with Crippen molar-refractivity contribution in [3.8, 4) is 11.5 Å². The number of hydrogen-bond acceptors (Lipinski definition) is 6. The van der Waals surface area contributed by atoms with Crippen LogP contribution in [-0.4, -0.2) is 34.9 Å². The predicted octanol–water partition coefficient (Wildman–Crippen LogP) is 1.83. The van der Waals surface area contributed by atoms with E-state index in [1.54, 1.807) is 25.4 Å². The summed E-state index contributed by atoms with van der Waals surface area (Å²) in [6.07, 6.45) is 2.57. The Hall–Kier alpha value is -1.50. The lowest BCUT2D eigenvalue weighted by Gasteiger charge is -2.04. The molecule has 1 N–H and O–H groups in total. The van der Waals surface area contributed by atoms with Crippen LogP contribution in [0, 0.1) is 0 Å². The number of halogens is 1. The third-order valence-electron chi connectivity index (χ3n) is 3.12. The molecular weight excluding hydrogens is 268 g/mol. The van der Waals surface area contributed by atoms with E-state index in [-0.39, 0.29) is 12.1 Å². The van der Waals surface area contributed by atoms with E-state index >= 15 is 0 Å². The molecule has 1 fully saturated rings. The number of ether oxygens (including phenoxy) is 1. The molecule has 3 rings (SSSR count).